The van der Waals surface area contributed by atoms with Crippen molar-refractivity contribution < 1.29 is 4.79 Å². The molecule has 0 atom stereocenters. The van der Waals surface area contributed by atoms with E-state index in [1.807, 2.05) is 32.0 Å². The number of pyridine rings is 2. The maximum atomic E-state index is 12.3. The topological polar surface area (TPSA) is 46.1 Å². The van der Waals surface area contributed by atoms with Crippen LogP contribution in [0.2, 0.25) is 5.02 Å². The second-order valence-electron chi connectivity index (χ2n) is 4.74. The highest BCUT2D eigenvalue weighted by molar-refractivity contribution is 6.33. The van der Waals surface area contributed by atoms with Crippen molar-refractivity contribution in [2.24, 2.45) is 0 Å². The first-order valence-corrected chi connectivity index (χ1v) is 6.65. The molecule has 0 unspecified atom stereocenters. The Kier molecular flexibility index (Phi) is 4.35. The largest absolute Gasteiger partial charge is 0.336 e. The van der Waals surface area contributed by atoms with Gasteiger partial charge < -0.3 is 4.90 Å². The smallest absolute Gasteiger partial charge is 0.257 e. The van der Waals surface area contributed by atoms with Gasteiger partial charge in [-0.1, -0.05) is 17.7 Å². The Hall–Kier alpha value is -1.94. The van der Waals surface area contributed by atoms with Crippen molar-refractivity contribution in [1.82, 2.24) is 14.9 Å². The molecule has 104 valence electrons. The minimum Gasteiger partial charge on any atom is -0.336 e. The Morgan fingerprint density at radius 2 is 2.05 bits per heavy atom. The normalized spacial score (nSPS) is 10.4. The molecule has 0 aliphatic heterocycles. The lowest BCUT2D eigenvalue weighted by atomic mass is 10.2. The van der Waals surface area contributed by atoms with Gasteiger partial charge in [0.1, 0.15) is 0 Å². The Labute approximate surface area is 123 Å². The number of rotatable bonds is 3. The highest BCUT2D eigenvalue weighted by atomic mass is 35.5. The molecule has 0 bridgehead atoms. The van der Waals surface area contributed by atoms with Gasteiger partial charge in [0.25, 0.3) is 5.91 Å². The van der Waals surface area contributed by atoms with Crippen molar-refractivity contribution >= 4 is 17.5 Å². The fourth-order valence-electron chi connectivity index (χ4n) is 1.89. The first kappa shape index (κ1) is 14.5. The maximum Gasteiger partial charge on any atom is 0.257 e. The Bertz CT molecular complexity index is 643. The molecule has 5 heteroatoms. The number of aryl methyl sites for hydroxylation is 2. The summed E-state index contributed by atoms with van der Waals surface area (Å²) in [6.07, 6.45) is 1.51. The van der Waals surface area contributed by atoms with E-state index >= 15 is 0 Å². The molecule has 2 aromatic rings. The molecule has 0 saturated heterocycles. The van der Waals surface area contributed by atoms with Crippen molar-refractivity contribution in [3.05, 3.63) is 58.1 Å². The van der Waals surface area contributed by atoms with Crippen LogP contribution < -0.4 is 0 Å². The summed E-state index contributed by atoms with van der Waals surface area (Å²) in [5, 5.41) is 0.423. The van der Waals surface area contributed by atoms with Crippen LogP contribution >= 0.6 is 11.6 Å². The molecule has 1 amide bonds. The van der Waals surface area contributed by atoms with Gasteiger partial charge in [-0.25, -0.2) is 0 Å². The molecule has 0 aliphatic carbocycles. The Morgan fingerprint density at radius 1 is 1.30 bits per heavy atom. The number of aromatic nitrogens is 2. The molecule has 2 heterocycles. The van der Waals surface area contributed by atoms with Crippen molar-refractivity contribution in [2.45, 2.75) is 20.4 Å². The van der Waals surface area contributed by atoms with Crippen LogP contribution in [0.5, 0.6) is 0 Å². The minimum atomic E-state index is -0.161. The summed E-state index contributed by atoms with van der Waals surface area (Å²) < 4.78 is 0. The second-order valence-corrected chi connectivity index (χ2v) is 5.14. The highest BCUT2D eigenvalue weighted by Gasteiger charge is 2.16. The first-order valence-electron chi connectivity index (χ1n) is 6.27. The lowest BCUT2D eigenvalue weighted by Crippen LogP contribution is -2.27. The second kappa shape index (κ2) is 6.01. The summed E-state index contributed by atoms with van der Waals surface area (Å²) in [4.78, 5) is 22.4. The number of carbonyl (C=O) groups excluding carboxylic acids is 1. The number of amides is 1. The van der Waals surface area contributed by atoms with E-state index in [1.54, 1.807) is 18.0 Å². The number of hydrogen-bond acceptors (Lipinski definition) is 3. The zero-order valence-corrected chi connectivity index (χ0v) is 12.5. The summed E-state index contributed by atoms with van der Waals surface area (Å²) in [5.41, 5.74) is 2.97. The van der Waals surface area contributed by atoms with Gasteiger partial charge in [-0.15, -0.1) is 0 Å². The summed E-state index contributed by atoms with van der Waals surface area (Å²) in [6.45, 7) is 4.19. The van der Waals surface area contributed by atoms with Gasteiger partial charge >= 0.3 is 0 Å². The molecule has 0 saturated carbocycles. The standard InChI is InChI=1S/C15H16ClN3O/c1-10-5-4-6-12(18-10)9-19(3)15(20)13-8-17-11(2)7-14(13)16/h4-8H,9H2,1-3H3. The lowest BCUT2D eigenvalue weighted by molar-refractivity contribution is 0.0783. The third-order valence-electron chi connectivity index (χ3n) is 2.91. The van der Waals surface area contributed by atoms with Crippen molar-refractivity contribution in [2.75, 3.05) is 7.05 Å². The molecular formula is C15H16ClN3O. The van der Waals surface area contributed by atoms with Crippen LogP contribution in [0.4, 0.5) is 0 Å². The van der Waals surface area contributed by atoms with E-state index in [0.717, 1.165) is 17.1 Å². The molecule has 0 aromatic carbocycles. The average Bonchev–Trinajstić information content (AvgIpc) is 2.38. The fourth-order valence-corrected chi connectivity index (χ4v) is 2.18. The van der Waals surface area contributed by atoms with Gasteiger partial charge in [0.05, 0.1) is 22.8 Å². The molecule has 4 nitrogen and oxygen atoms in total. The van der Waals surface area contributed by atoms with E-state index < -0.39 is 0 Å². The molecular weight excluding hydrogens is 274 g/mol. The number of hydrogen-bond donors (Lipinski definition) is 0. The predicted octanol–water partition coefficient (Wildman–Crippen LogP) is 3.02. The molecule has 0 aliphatic rings. The van der Waals surface area contributed by atoms with E-state index in [2.05, 4.69) is 9.97 Å². The van der Waals surface area contributed by atoms with Crippen LogP contribution in [0.25, 0.3) is 0 Å². The Morgan fingerprint density at radius 3 is 2.70 bits per heavy atom. The number of halogens is 1. The zero-order valence-electron chi connectivity index (χ0n) is 11.7. The van der Waals surface area contributed by atoms with Crippen molar-refractivity contribution in [3.63, 3.8) is 0 Å². The molecule has 0 N–H and O–H groups in total. The molecule has 0 radical (unpaired) electrons. The van der Waals surface area contributed by atoms with Crippen LogP contribution in [0.1, 0.15) is 27.4 Å². The average molecular weight is 290 g/mol. The van der Waals surface area contributed by atoms with Crippen molar-refractivity contribution in [1.29, 1.82) is 0 Å². The first-order chi connectivity index (χ1) is 9.47. The molecule has 0 spiro atoms. The molecule has 2 rings (SSSR count). The summed E-state index contributed by atoms with van der Waals surface area (Å²) in [5.74, 6) is -0.161. The van der Waals surface area contributed by atoms with Gasteiger partial charge in [-0.3, -0.25) is 14.8 Å². The van der Waals surface area contributed by atoms with E-state index in [4.69, 9.17) is 11.6 Å². The maximum absolute atomic E-state index is 12.3. The lowest BCUT2D eigenvalue weighted by Gasteiger charge is -2.17. The summed E-state index contributed by atoms with van der Waals surface area (Å²) in [6, 6.07) is 7.43. The van der Waals surface area contributed by atoms with Crippen LogP contribution in [-0.2, 0) is 6.54 Å². The molecule has 20 heavy (non-hydrogen) atoms. The monoisotopic (exact) mass is 289 g/mol. The number of carbonyl (C=O) groups is 1. The van der Waals surface area contributed by atoms with Gasteiger partial charge in [-0.2, -0.15) is 0 Å². The van der Waals surface area contributed by atoms with E-state index in [1.165, 1.54) is 6.20 Å². The summed E-state index contributed by atoms with van der Waals surface area (Å²) >= 11 is 6.09. The van der Waals surface area contributed by atoms with Crippen LogP contribution in [0.15, 0.2) is 30.5 Å². The Balaban J connectivity index is 2.16. The van der Waals surface area contributed by atoms with Crippen LogP contribution in [0, 0.1) is 13.8 Å². The summed E-state index contributed by atoms with van der Waals surface area (Å²) in [7, 11) is 1.72. The van der Waals surface area contributed by atoms with Gasteiger partial charge in [-0.05, 0) is 32.0 Å². The van der Waals surface area contributed by atoms with Gasteiger partial charge in [0.2, 0.25) is 0 Å². The van der Waals surface area contributed by atoms with E-state index in [9.17, 15) is 4.79 Å². The van der Waals surface area contributed by atoms with E-state index in [-0.39, 0.29) is 5.91 Å². The van der Waals surface area contributed by atoms with Gasteiger partial charge in [0, 0.05) is 24.6 Å². The third kappa shape index (κ3) is 3.33. The van der Waals surface area contributed by atoms with Crippen LogP contribution in [-0.4, -0.2) is 27.8 Å². The quantitative estimate of drug-likeness (QED) is 0.872. The van der Waals surface area contributed by atoms with Gasteiger partial charge in [0.15, 0.2) is 0 Å². The SMILES string of the molecule is Cc1cc(Cl)c(C(=O)N(C)Cc2cccc(C)n2)cn1. The molecule has 2 aromatic heterocycles. The zero-order chi connectivity index (χ0) is 14.7. The third-order valence-corrected chi connectivity index (χ3v) is 3.23. The molecule has 0 fully saturated rings. The predicted molar refractivity (Wildman–Crippen MR) is 78.8 cm³/mol. The highest BCUT2D eigenvalue weighted by Crippen LogP contribution is 2.18. The number of nitrogens with zero attached hydrogens (tertiary/aromatic N) is 3. The van der Waals surface area contributed by atoms with Crippen LogP contribution in [0.3, 0.4) is 0 Å². The van der Waals surface area contributed by atoms with E-state index in [0.29, 0.717) is 17.1 Å². The fraction of sp³-hybridized carbons (Fsp3) is 0.267. The minimum absolute atomic E-state index is 0.161. The van der Waals surface area contributed by atoms with Crippen molar-refractivity contribution in [3.8, 4) is 0 Å².